The highest BCUT2D eigenvalue weighted by atomic mass is 79.9. The van der Waals surface area contributed by atoms with Crippen molar-refractivity contribution < 1.29 is 14.7 Å². The van der Waals surface area contributed by atoms with E-state index in [4.69, 9.17) is 0 Å². The first-order chi connectivity index (χ1) is 10.0. The molecule has 0 aromatic heterocycles. The second-order valence-corrected chi connectivity index (χ2v) is 6.36. The summed E-state index contributed by atoms with van der Waals surface area (Å²) in [5.41, 5.74) is 1.10. The van der Waals surface area contributed by atoms with E-state index in [2.05, 4.69) is 15.9 Å². The average molecular weight is 354 g/mol. The Balaban J connectivity index is 1.97. The van der Waals surface area contributed by atoms with Crippen molar-refractivity contribution in [2.75, 3.05) is 6.54 Å². The van der Waals surface area contributed by atoms with Crippen LogP contribution in [-0.4, -0.2) is 34.5 Å². The van der Waals surface area contributed by atoms with Crippen molar-refractivity contribution in [1.82, 2.24) is 4.90 Å². The second kappa shape index (κ2) is 7.07. The van der Waals surface area contributed by atoms with Gasteiger partial charge in [0.1, 0.15) is 0 Å². The number of carboxylic acids is 1. The molecule has 1 aromatic rings. The molecule has 1 saturated heterocycles. The van der Waals surface area contributed by atoms with Crippen LogP contribution in [0.2, 0.25) is 0 Å². The number of aliphatic carboxylic acids is 1. The van der Waals surface area contributed by atoms with Gasteiger partial charge in [0.2, 0.25) is 5.91 Å². The first-order valence-corrected chi connectivity index (χ1v) is 8.05. The summed E-state index contributed by atoms with van der Waals surface area (Å²) in [5.74, 6) is -1.19. The minimum atomic E-state index is -0.800. The second-order valence-electron chi connectivity index (χ2n) is 5.51. The third-order valence-electron chi connectivity index (χ3n) is 4.19. The van der Waals surface area contributed by atoms with Crippen molar-refractivity contribution in [3.8, 4) is 0 Å². The topological polar surface area (TPSA) is 57.6 Å². The highest BCUT2D eigenvalue weighted by Gasteiger charge is 2.34. The van der Waals surface area contributed by atoms with Crippen LogP contribution in [0.1, 0.15) is 31.7 Å². The molecule has 1 aromatic carbocycles. The molecule has 2 atom stereocenters. The molecule has 0 spiro atoms. The highest BCUT2D eigenvalue weighted by molar-refractivity contribution is 9.10. The van der Waals surface area contributed by atoms with Crippen LogP contribution in [0.25, 0.3) is 0 Å². The van der Waals surface area contributed by atoms with Crippen LogP contribution in [0, 0.1) is 5.92 Å². The summed E-state index contributed by atoms with van der Waals surface area (Å²) >= 11 is 3.48. The number of hydrogen-bond acceptors (Lipinski definition) is 2. The normalized spacial score (nSPS) is 22.1. The number of hydrogen-bond donors (Lipinski definition) is 1. The number of nitrogens with zero attached hydrogens (tertiary/aromatic N) is 1. The Kier molecular flexibility index (Phi) is 5.39. The van der Waals surface area contributed by atoms with Gasteiger partial charge in [-0.3, -0.25) is 9.59 Å². The van der Waals surface area contributed by atoms with Crippen LogP contribution in [-0.2, 0) is 16.0 Å². The lowest BCUT2D eigenvalue weighted by molar-refractivity contribution is -0.149. The van der Waals surface area contributed by atoms with Crippen LogP contribution < -0.4 is 0 Å². The van der Waals surface area contributed by atoms with E-state index < -0.39 is 11.9 Å². The molecule has 0 unspecified atom stereocenters. The van der Waals surface area contributed by atoms with E-state index in [1.807, 2.05) is 31.2 Å². The fourth-order valence-corrected chi connectivity index (χ4v) is 3.39. The molecule has 0 saturated carbocycles. The van der Waals surface area contributed by atoms with E-state index in [1.54, 1.807) is 4.90 Å². The van der Waals surface area contributed by atoms with Gasteiger partial charge in [-0.05, 0) is 37.8 Å². The Bertz CT molecular complexity index is 532. The third-order valence-corrected chi connectivity index (χ3v) is 4.97. The summed E-state index contributed by atoms with van der Waals surface area (Å²) in [4.78, 5) is 25.3. The van der Waals surface area contributed by atoms with Gasteiger partial charge in [0.15, 0.2) is 0 Å². The Morgan fingerprint density at radius 1 is 1.38 bits per heavy atom. The molecule has 0 bridgehead atoms. The summed E-state index contributed by atoms with van der Waals surface area (Å²) in [5, 5.41) is 9.21. The number of carboxylic acid groups (broad SMARTS) is 1. The molecule has 1 aliphatic rings. The molecule has 1 heterocycles. The molecule has 1 fully saturated rings. The summed E-state index contributed by atoms with van der Waals surface area (Å²) in [6, 6.07) is 7.64. The highest BCUT2D eigenvalue weighted by Crippen LogP contribution is 2.25. The Morgan fingerprint density at radius 3 is 2.76 bits per heavy atom. The summed E-state index contributed by atoms with van der Waals surface area (Å²) in [7, 11) is 0. The Labute approximate surface area is 133 Å². The fourth-order valence-electron chi connectivity index (χ4n) is 2.91. The zero-order chi connectivity index (χ0) is 15.4. The first kappa shape index (κ1) is 16.0. The van der Waals surface area contributed by atoms with Gasteiger partial charge >= 0.3 is 5.97 Å². The zero-order valence-corrected chi connectivity index (χ0v) is 13.7. The molecule has 0 aliphatic carbocycles. The maximum absolute atomic E-state index is 12.4. The average Bonchev–Trinajstić information content (AvgIpc) is 2.46. The van der Waals surface area contributed by atoms with Gasteiger partial charge in [-0.15, -0.1) is 0 Å². The monoisotopic (exact) mass is 353 g/mol. The van der Waals surface area contributed by atoms with E-state index >= 15 is 0 Å². The zero-order valence-electron chi connectivity index (χ0n) is 12.1. The SMILES string of the molecule is C[C@@H]1[C@H](C(=O)O)CCCN1C(=O)CCc1ccccc1Br. The number of amides is 1. The number of aryl methyl sites for hydroxylation is 1. The Hall–Kier alpha value is -1.36. The molecule has 114 valence electrons. The molecule has 1 N–H and O–H groups in total. The summed E-state index contributed by atoms with van der Waals surface area (Å²) in [6.07, 6.45) is 2.51. The minimum absolute atomic E-state index is 0.0456. The van der Waals surface area contributed by atoms with Gasteiger partial charge in [-0.1, -0.05) is 34.1 Å². The fraction of sp³-hybridized carbons (Fsp3) is 0.500. The number of halogens is 1. The van der Waals surface area contributed by atoms with E-state index in [0.717, 1.165) is 16.5 Å². The van der Waals surface area contributed by atoms with Gasteiger partial charge in [0.05, 0.1) is 5.92 Å². The first-order valence-electron chi connectivity index (χ1n) is 7.26. The predicted molar refractivity (Wildman–Crippen MR) is 84.0 cm³/mol. The number of likely N-dealkylation sites (tertiary alicyclic amines) is 1. The molecular formula is C16H20BrNO3. The van der Waals surface area contributed by atoms with Crippen LogP contribution in [0.3, 0.4) is 0 Å². The van der Waals surface area contributed by atoms with Gasteiger partial charge in [0, 0.05) is 23.5 Å². The van der Waals surface area contributed by atoms with Crippen LogP contribution in [0.15, 0.2) is 28.7 Å². The molecule has 2 rings (SSSR count). The van der Waals surface area contributed by atoms with Crippen molar-refractivity contribution in [1.29, 1.82) is 0 Å². The van der Waals surface area contributed by atoms with Crippen LogP contribution >= 0.6 is 15.9 Å². The lowest BCUT2D eigenvalue weighted by atomic mass is 9.90. The molecule has 5 heteroatoms. The smallest absolute Gasteiger partial charge is 0.308 e. The van der Waals surface area contributed by atoms with Crippen LogP contribution in [0.5, 0.6) is 0 Å². The van der Waals surface area contributed by atoms with Gasteiger partial charge in [-0.25, -0.2) is 0 Å². The number of rotatable bonds is 4. The molecular weight excluding hydrogens is 334 g/mol. The van der Waals surface area contributed by atoms with Crippen LogP contribution in [0.4, 0.5) is 0 Å². The number of benzene rings is 1. The number of piperidine rings is 1. The van der Waals surface area contributed by atoms with E-state index in [9.17, 15) is 14.7 Å². The predicted octanol–water partition coefficient (Wildman–Crippen LogP) is 3.09. The number of carbonyl (C=O) groups excluding carboxylic acids is 1. The van der Waals surface area contributed by atoms with Gasteiger partial charge in [0.25, 0.3) is 0 Å². The van der Waals surface area contributed by atoms with E-state index in [-0.39, 0.29) is 11.9 Å². The largest absolute Gasteiger partial charge is 0.481 e. The standard InChI is InChI=1S/C16H20BrNO3/c1-11-13(16(20)21)6-4-10-18(11)15(19)9-8-12-5-2-3-7-14(12)17/h2-3,5,7,11,13H,4,6,8-10H2,1H3,(H,20,21)/t11-,13-/m1/s1. The molecule has 21 heavy (non-hydrogen) atoms. The molecule has 4 nitrogen and oxygen atoms in total. The minimum Gasteiger partial charge on any atom is -0.481 e. The van der Waals surface area contributed by atoms with Crippen molar-refractivity contribution in [3.63, 3.8) is 0 Å². The van der Waals surface area contributed by atoms with Gasteiger partial charge in [-0.2, -0.15) is 0 Å². The number of carbonyl (C=O) groups is 2. The molecule has 1 aliphatic heterocycles. The maximum Gasteiger partial charge on any atom is 0.308 e. The van der Waals surface area contributed by atoms with Crippen molar-refractivity contribution in [2.45, 2.75) is 38.6 Å². The summed E-state index contributed by atoms with van der Waals surface area (Å²) < 4.78 is 1.01. The quantitative estimate of drug-likeness (QED) is 0.904. The van der Waals surface area contributed by atoms with Gasteiger partial charge < -0.3 is 10.0 Å². The maximum atomic E-state index is 12.4. The van der Waals surface area contributed by atoms with Crippen molar-refractivity contribution >= 4 is 27.8 Å². The van der Waals surface area contributed by atoms with Crippen molar-refractivity contribution in [2.24, 2.45) is 5.92 Å². The summed E-state index contributed by atoms with van der Waals surface area (Å²) in [6.45, 7) is 2.51. The lowest BCUT2D eigenvalue weighted by Crippen LogP contribution is -2.49. The third kappa shape index (κ3) is 3.84. The molecule has 1 amide bonds. The van der Waals surface area contributed by atoms with E-state index in [0.29, 0.717) is 25.8 Å². The lowest BCUT2D eigenvalue weighted by Gasteiger charge is -2.37. The molecule has 0 radical (unpaired) electrons. The van der Waals surface area contributed by atoms with E-state index in [1.165, 1.54) is 0 Å². The Morgan fingerprint density at radius 2 is 2.10 bits per heavy atom. The van der Waals surface area contributed by atoms with Crippen molar-refractivity contribution in [3.05, 3.63) is 34.3 Å².